The Morgan fingerprint density at radius 3 is 1.97 bits per heavy atom. The topological polar surface area (TPSA) is 53.7 Å². The molecule has 8 atom stereocenters. The van der Waals surface area contributed by atoms with Crippen LogP contribution in [0.25, 0.3) is 12.2 Å². The Morgan fingerprint density at radius 2 is 1.31 bits per heavy atom. The molecule has 5 aliphatic rings. The van der Waals surface area contributed by atoms with Crippen molar-refractivity contribution >= 4 is 35.2 Å². The van der Waals surface area contributed by atoms with E-state index < -0.39 is 5.41 Å². The van der Waals surface area contributed by atoms with Crippen molar-refractivity contribution < 1.29 is 19.2 Å². The van der Waals surface area contributed by atoms with Gasteiger partial charge in [0.05, 0.1) is 18.1 Å². The molecule has 4 fully saturated rings. The van der Waals surface area contributed by atoms with Gasteiger partial charge in [-0.05, 0) is 163 Å². The van der Waals surface area contributed by atoms with Crippen molar-refractivity contribution in [3.8, 4) is 0 Å². The molecule has 1 aromatic heterocycles. The molecule has 3 aromatic carbocycles. The lowest BCUT2D eigenvalue weighted by molar-refractivity contribution is -0.697. The average molecular weight is 860 g/mol. The Balaban J connectivity index is 0.806. The molecule has 5 heteroatoms. The molecule has 64 heavy (non-hydrogen) atoms. The summed E-state index contributed by atoms with van der Waals surface area (Å²) in [7, 11) is 0. The van der Waals surface area contributed by atoms with E-state index in [2.05, 4.69) is 186 Å². The van der Waals surface area contributed by atoms with E-state index in [-0.39, 0.29) is 45.1 Å². The molecule has 4 saturated carbocycles. The van der Waals surface area contributed by atoms with Gasteiger partial charge in [0.25, 0.3) is 0 Å². The summed E-state index contributed by atoms with van der Waals surface area (Å²) < 4.78 is 8.60. The van der Waals surface area contributed by atoms with E-state index >= 15 is 0 Å². The van der Waals surface area contributed by atoms with Gasteiger partial charge in [0, 0.05) is 35.6 Å². The number of rotatable bonds is 11. The summed E-state index contributed by atoms with van der Waals surface area (Å²) in [6.45, 7) is 18.7. The maximum absolute atomic E-state index is 14.6. The van der Waals surface area contributed by atoms with Gasteiger partial charge in [-0.3, -0.25) is 4.79 Å². The molecule has 0 amide bonds. The number of aromatic nitrogens is 1. The first-order valence-corrected chi connectivity index (χ1v) is 24.8. The number of benzene rings is 3. The highest BCUT2D eigenvalue weighted by molar-refractivity contribution is 5.79. The minimum absolute atomic E-state index is 0.0508. The summed E-state index contributed by atoms with van der Waals surface area (Å²) in [5.41, 5.74) is 7.54. The third-order valence-corrected chi connectivity index (χ3v) is 18.6. The number of para-hydroxylation sites is 2. The second-order valence-electron chi connectivity index (χ2n) is 22.9. The van der Waals surface area contributed by atoms with Crippen LogP contribution >= 0.6 is 0 Å². The zero-order valence-corrected chi connectivity index (χ0v) is 40.0. The number of allylic oxidation sites excluding steroid dienone is 2. The Morgan fingerprint density at radius 1 is 0.703 bits per heavy atom. The van der Waals surface area contributed by atoms with Crippen molar-refractivity contribution in [3.63, 3.8) is 0 Å². The van der Waals surface area contributed by atoms with Crippen molar-refractivity contribution in [2.45, 2.75) is 138 Å². The maximum Gasteiger partial charge on any atom is 0.312 e. The molecule has 5 nitrogen and oxygen atoms in total. The molecule has 1 heterocycles. The van der Waals surface area contributed by atoms with E-state index in [9.17, 15) is 9.90 Å². The number of unbranched alkanes of at least 4 members (excludes halogenated alkanes) is 1. The zero-order valence-electron chi connectivity index (χ0n) is 40.0. The average Bonchev–Trinajstić information content (AvgIpc) is 3.28. The molecule has 9 rings (SSSR count). The number of hydrogen-bond acceptors (Lipinski definition) is 4. The van der Waals surface area contributed by atoms with Crippen LogP contribution in [-0.4, -0.2) is 23.8 Å². The number of esters is 1. The van der Waals surface area contributed by atoms with Gasteiger partial charge in [-0.1, -0.05) is 121 Å². The second kappa shape index (κ2) is 17.1. The van der Waals surface area contributed by atoms with Gasteiger partial charge < -0.3 is 14.7 Å². The number of carbonyl (C=O) groups excluding carboxylic acids is 1. The van der Waals surface area contributed by atoms with E-state index in [4.69, 9.17) is 4.74 Å². The summed E-state index contributed by atoms with van der Waals surface area (Å²) in [6.07, 6.45) is 23.6. The molecule has 4 aromatic rings. The molecule has 0 aliphatic heterocycles. The molecular formula is C59H75N2O3+. The number of nitrogens with zero attached hydrogens (tertiary/aromatic N) is 2. The highest BCUT2D eigenvalue weighted by atomic mass is 16.5. The summed E-state index contributed by atoms with van der Waals surface area (Å²) in [6, 6.07) is 34.1. The molecule has 0 spiro atoms. The monoisotopic (exact) mass is 860 g/mol. The van der Waals surface area contributed by atoms with E-state index in [0.717, 1.165) is 98.9 Å². The van der Waals surface area contributed by atoms with Crippen LogP contribution in [0.3, 0.4) is 0 Å². The van der Waals surface area contributed by atoms with Crippen LogP contribution in [0, 0.1) is 50.2 Å². The molecule has 0 unspecified atom stereocenters. The number of fused-ring (bicyclic) bond motifs is 7. The van der Waals surface area contributed by atoms with Crippen LogP contribution in [-0.2, 0) is 16.1 Å². The third-order valence-electron chi connectivity index (χ3n) is 18.6. The lowest BCUT2D eigenvalue weighted by atomic mass is 9.33. The number of hydrogen-bond donors (Lipinski definition) is 1. The summed E-state index contributed by atoms with van der Waals surface area (Å²) in [5.74, 6) is 1.47. The summed E-state index contributed by atoms with van der Waals surface area (Å²) >= 11 is 0. The fourth-order valence-corrected chi connectivity index (χ4v) is 14.6. The largest absolute Gasteiger partial charge is 0.465 e. The van der Waals surface area contributed by atoms with Crippen molar-refractivity contribution in [1.82, 2.24) is 0 Å². The van der Waals surface area contributed by atoms with Gasteiger partial charge in [0.1, 0.15) is 6.54 Å². The molecule has 0 bridgehead atoms. The Kier molecular flexibility index (Phi) is 11.9. The summed E-state index contributed by atoms with van der Waals surface area (Å²) in [5, 5.41) is 11.1. The molecule has 338 valence electrons. The number of aliphatic hydroxyl groups is 1. The molecule has 5 aliphatic carbocycles. The minimum atomic E-state index is -0.410. The SMILES string of the molecule is CC1(C)CC[C@]2(C(=O)OCCCC[n+]3ccc(/C=C/c4ccc(N(c5ccccc5)c5ccccc5)cc4)cc3)CC[C@]3(C)C(=CC[C@@H]4[C@@]5(C)CC[C@H](O)C(C)(C)[C@@H]5CC[C@]43C)[C@@H]2C1. The van der Waals surface area contributed by atoms with Gasteiger partial charge in [-0.2, -0.15) is 0 Å². The molecule has 1 N–H and O–H groups in total. The third kappa shape index (κ3) is 7.80. The van der Waals surface area contributed by atoms with Crippen molar-refractivity contribution in [2.75, 3.05) is 11.5 Å². The summed E-state index contributed by atoms with van der Waals surface area (Å²) in [4.78, 5) is 16.8. The number of carbonyl (C=O) groups is 1. The zero-order chi connectivity index (χ0) is 45.0. The van der Waals surface area contributed by atoms with E-state index in [0.29, 0.717) is 18.4 Å². The predicted molar refractivity (Wildman–Crippen MR) is 262 cm³/mol. The van der Waals surface area contributed by atoms with Gasteiger partial charge in [0.15, 0.2) is 12.4 Å². The number of aliphatic hydroxyl groups excluding tert-OH is 1. The van der Waals surface area contributed by atoms with Gasteiger partial charge in [-0.25, -0.2) is 4.57 Å². The highest BCUT2D eigenvalue weighted by Crippen LogP contribution is 2.76. The Labute approximate surface area is 385 Å². The lowest BCUT2D eigenvalue weighted by Crippen LogP contribution is -2.65. The smallest absolute Gasteiger partial charge is 0.312 e. The number of ether oxygens (including phenoxy) is 1. The number of aryl methyl sites for hydroxylation is 1. The van der Waals surface area contributed by atoms with Crippen LogP contribution in [0.15, 0.2) is 121 Å². The van der Waals surface area contributed by atoms with Crippen LogP contribution in [0.5, 0.6) is 0 Å². The fraction of sp³-hybridized carbons (Fsp3) is 0.525. The fourth-order valence-electron chi connectivity index (χ4n) is 14.6. The van der Waals surface area contributed by atoms with Crippen LogP contribution in [0.1, 0.15) is 137 Å². The highest BCUT2D eigenvalue weighted by Gasteiger charge is 2.69. The van der Waals surface area contributed by atoms with Crippen molar-refractivity contribution in [3.05, 3.63) is 132 Å². The van der Waals surface area contributed by atoms with Gasteiger partial charge in [0.2, 0.25) is 0 Å². The Hall–Kier alpha value is -4.48. The minimum Gasteiger partial charge on any atom is -0.465 e. The van der Waals surface area contributed by atoms with E-state index in [1.54, 1.807) is 5.57 Å². The molecular weight excluding hydrogens is 785 g/mol. The maximum atomic E-state index is 14.6. The number of pyridine rings is 1. The van der Waals surface area contributed by atoms with Crippen LogP contribution < -0.4 is 9.47 Å². The van der Waals surface area contributed by atoms with Gasteiger partial charge >= 0.3 is 5.97 Å². The normalized spacial score (nSPS) is 32.6. The van der Waals surface area contributed by atoms with E-state index in [1.165, 1.54) is 12.8 Å². The number of anilines is 3. The lowest BCUT2D eigenvalue weighted by Gasteiger charge is -2.71. The van der Waals surface area contributed by atoms with Crippen LogP contribution in [0.2, 0.25) is 0 Å². The van der Waals surface area contributed by atoms with E-state index in [1.807, 2.05) is 0 Å². The first kappa shape index (κ1) is 44.7. The standard InChI is InChI=1S/C59H75N2O3/c1-54(2)34-36-59(37-35-57(6)48(49(59)42-54)26-27-51-56(5)32-29-52(62)55(3,4)50(56)28-33-58(51,57)7)53(63)64-41-15-14-38-60-39-30-44(31-40-60)21-20-43-22-24-47(25-23-43)61(45-16-10-8-11-17-45)46-18-12-9-13-19-46/h8-13,16-26,30-31,39-40,49-52,62H,14-15,27-29,32-38,41-42H2,1-7H3/q+1/t49-,50-,51+,52-,56-,57+,58+,59-/m0/s1. The van der Waals surface area contributed by atoms with Crippen molar-refractivity contribution in [1.29, 1.82) is 0 Å². The first-order valence-electron chi connectivity index (χ1n) is 24.8. The van der Waals surface area contributed by atoms with Gasteiger partial charge in [-0.15, -0.1) is 0 Å². The molecule has 0 saturated heterocycles. The molecule has 0 radical (unpaired) electrons. The predicted octanol–water partition coefficient (Wildman–Crippen LogP) is 14.1. The first-order chi connectivity index (χ1) is 30.6. The van der Waals surface area contributed by atoms with Crippen LogP contribution in [0.4, 0.5) is 17.1 Å². The van der Waals surface area contributed by atoms with Crippen molar-refractivity contribution in [2.24, 2.45) is 50.2 Å². The second-order valence-corrected chi connectivity index (χ2v) is 22.9. The Bertz CT molecular complexity index is 2290. The quantitative estimate of drug-likeness (QED) is 0.0706.